The summed E-state index contributed by atoms with van der Waals surface area (Å²) in [5.74, 6) is 0.528. The summed E-state index contributed by atoms with van der Waals surface area (Å²) < 4.78 is 5.35. The minimum absolute atomic E-state index is 0.337. The summed E-state index contributed by atoms with van der Waals surface area (Å²) in [6, 6.07) is 8.95. The van der Waals surface area contributed by atoms with Crippen LogP contribution >= 0.6 is 0 Å². The second-order valence-electron chi connectivity index (χ2n) is 3.04. The highest BCUT2D eigenvalue weighted by atomic mass is 16.5. The minimum atomic E-state index is -1.04. The minimum Gasteiger partial charge on any atom is -0.492 e. The Labute approximate surface area is 93.3 Å². The first kappa shape index (κ1) is 11.9. The monoisotopic (exact) mass is 220 g/mol. The molecule has 1 amide bonds. The zero-order chi connectivity index (χ0) is 11.8. The van der Waals surface area contributed by atoms with Gasteiger partial charge in [-0.3, -0.25) is 0 Å². The Hall–Kier alpha value is -2.22. The lowest BCUT2D eigenvalue weighted by Gasteiger charge is -2.07. The van der Waals surface area contributed by atoms with E-state index < -0.39 is 6.09 Å². The summed E-state index contributed by atoms with van der Waals surface area (Å²) in [6.45, 7) is 0.711. The fraction of sp³-hybridized carbons (Fsp3) is 0.273. The van der Waals surface area contributed by atoms with Gasteiger partial charge in [0, 0.05) is 6.54 Å². The highest BCUT2D eigenvalue weighted by molar-refractivity contribution is 5.64. The molecule has 1 aromatic rings. The van der Waals surface area contributed by atoms with Crippen LogP contribution in [0.4, 0.5) is 4.79 Å². The summed E-state index contributed by atoms with van der Waals surface area (Å²) in [5, 5.41) is 19.3. The van der Waals surface area contributed by atoms with Gasteiger partial charge in [0.1, 0.15) is 11.8 Å². The van der Waals surface area contributed by atoms with E-state index in [1.807, 2.05) is 6.07 Å². The van der Waals surface area contributed by atoms with E-state index in [1.54, 1.807) is 24.3 Å². The molecule has 1 aromatic carbocycles. The highest BCUT2D eigenvalue weighted by Crippen LogP contribution is 2.16. The Bertz CT molecular complexity index is 398. The molecule has 2 N–H and O–H groups in total. The Morgan fingerprint density at radius 1 is 1.50 bits per heavy atom. The van der Waals surface area contributed by atoms with Crippen LogP contribution in [0.15, 0.2) is 24.3 Å². The zero-order valence-corrected chi connectivity index (χ0v) is 8.64. The molecule has 5 heteroatoms. The van der Waals surface area contributed by atoms with Crippen molar-refractivity contribution in [1.82, 2.24) is 5.32 Å². The number of nitriles is 1. The van der Waals surface area contributed by atoms with Crippen molar-refractivity contribution in [2.45, 2.75) is 6.42 Å². The van der Waals surface area contributed by atoms with Crippen LogP contribution in [0.5, 0.6) is 5.75 Å². The van der Waals surface area contributed by atoms with Crippen molar-refractivity contribution in [3.8, 4) is 11.8 Å². The van der Waals surface area contributed by atoms with Gasteiger partial charge in [0.25, 0.3) is 0 Å². The van der Waals surface area contributed by atoms with Crippen molar-refractivity contribution >= 4 is 6.09 Å². The van der Waals surface area contributed by atoms with Crippen LogP contribution in [0, 0.1) is 11.3 Å². The molecule has 0 aromatic heterocycles. The van der Waals surface area contributed by atoms with Gasteiger partial charge in [-0.05, 0) is 18.6 Å². The van der Waals surface area contributed by atoms with E-state index in [2.05, 4.69) is 5.32 Å². The van der Waals surface area contributed by atoms with E-state index in [4.69, 9.17) is 15.1 Å². The first-order valence-electron chi connectivity index (χ1n) is 4.83. The third-order valence-corrected chi connectivity index (χ3v) is 1.86. The Morgan fingerprint density at radius 2 is 2.25 bits per heavy atom. The number of para-hydroxylation sites is 1. The third-order valence-electron chi connectivity index (χ3n) is 1.86. The number of carbonyl (C=O) groups is 1. The molecule has 0 heterocycles. The van der Waals surface area contributed by atoms with Gasteiger partial charge >= 0.3 is 6.09 Å². The number of hydrogen-bond donors (Lipinski definition) is 2. The quantitative estimate of drug-likeness (QED) is 0.738. The van der Waals surface area contributed by atoms with Gasteiger partial charge < -0.3 is 15.2 Å². The zero-order valence-electron chi connectivity index (χ0n) is 8.64. The van der Waals surface area contributed by atoms with Crippen LogP contribution in [-0.4, -0.2) is 24.4 Å². The van der Waals surface area contributed by atoms with E-state index >= 15 is 0 Å². The van der Waals surface area contributed by atoms with Gasteiger partial charge in [-0.15, -0.1) is 0 Å². The average Bonchev–Trinajstić information content (AvgIpc) is 2.29. The number of hydrogen-bond acceptors (Lipinski definition) is 3. The molecular weight excluding hydrogens is 208 g/mol. The summed E-state index contributed by atoms with van der Waals surface area (Å²) in [5.41, 5.74) is 0.480. The second kappa shape index (κ2) is 6.30. The number of rotatable bonds is 5. The summed E-state index contributed by atoms with van der Waals surface area (Å²) in [4.78, 5) is 10.1. The molecule has 0 spiro atoms. The molecule has 5 nitrogen and oxygen atoms in total. The maximum Gasteiger partial charge on any atom is 0.404 e. The summed E-state index contributed by atoms with van der Waals surface area (Å²) in [6.07, 6.45) is -0.482. The van der Waals surface area contributed by atoms with Crippen molar-refractivity contribution in [3.63, 3.8) is 0 Å². The predicted octanol–water partition coefficient (Wildman–Crippen LogP) is 1.59. The van der Waals surface area contributed by atoms with Crippen LogP contribution in [-0.2, 0) is 0 Å². The number of benzene rings is 1. The van der Waals surface area contributed by atoms with Crippen LogP contribution in [0.1, 0.15) is 12.0 Å². The number of ether oxygens (including phenoxy) is 1. The van der Waals surface area contributed by atoms with Crippen molar-refractivity contribution in [1.29, 1.82) is 5.26 Å². The van der Waals surface area contributed by atoms with E-state index in [-0.39, 0.29) is 0 Å². The van der Waals surface area contributed by atoms with Crippen LogP contribution in [0.2, 0.25) is 0 Å². The Balaban J connectivity index is 2.32. The molecule has 0 atom stereocenters. The smallest absolute Gasteiger partial charge is 0.404 e. The molecular formula is C11H12N2O3. The van der Waals surface area contributed by atoms with E-state index in [0.717, 1.165) is 0 Å². The van der Waals surface area contributed by atoms with E-state index in [0.29, 0.717) is 30.9 Å². The average molecular weight is 220 g/mol. The Kier molecular flexibility index (Phi) is 4.67. The fourth-order valence-electron chi connectivity index (χ4n) is 1.13. The molecule has 1 rings (SSSR count). The molecule has 0 fully saturated rings. The van der Waals surface area contributed by atoms with Crippen LogP contribution in [0.25, 0.3) is 0 Å². The molecule has 0 saturated carbocycles. The van der Waals surface area contributed by atoms with Crippen LogP contribution < -0.4 is 10.1 Å². The first-order chi connectivity index (χ1) is 7.74. The molecule has 16 heavy (non-hydrogen) atoms. The Morgan fingerprint density at radius 3 is 2.94 bits per heavy atom. The van der Waals surface area contributed by atoms with Gasteiger partial charge in [0.15, 0.2) is 0 Å². The topological polar surface area (TPSA) is 82.3 Å². The maximum absolute atomic E-state index is 10.1. The van der Waals surface area contributed by atoms with E-state index in [1.165, 1.54) is 0 Å². The van der Waals surface area contributed by atoms with Gasteiger partial charge in [0.05, 0.1) is 12.2 Å². The lowest BCUT2D eigenvalue weighted by Crippen LogP contribution is -2.23. The maximum atomic E-state index is 10.1. The second-order valence-corrected chi connectivity index (χ2v) is 3.04. The van der Waals surface area contributed by atoms with E-state index in [9.17, 15) is 4.79 Å². The first-order valence-corrected chi connectivity index (χ1v) is 4.83. The molecule has 0 unspecified atom stereocenters. The molecule has 0 aliphatic rings. The highest BCUT2D eigenvalue weighted by Gasteiger charge is 2.01. The fourth-order valence-corrected chi connectivity index (χ4v) is 1.13. The molecule has 84 valence electrons. The molecule has 0 aliphatic heterocycles. The molecule has 0 saturated heterocycles. The van der Waals surface area contributed by atoms with Gasteiger partial charge in [-0.2, -0.15) is 5.26 Å². The van der Waals surface area contributed by atoms with Crippen molar-refractivity contribution in [2.24, 2.45) is 0 Å². The molecule has 0 bridgehead atoms. The predicted molar refractivity (Wildman–Crippen MR) is 57.3 cm³/mol. The number of nitrogens with zero attached hydrogens (tertiary/aromatic N) is 1. The lowest BCUT2D eigenvalue weighted by atomic mass is 10.2. The van der Waals surface area contributed by atoms with Crippen molar-refractivity contribution in [2.75, 3.05) is 13.2 Å². The van der Waals surface area contributed by atoms with Gasteiger partial charge in [-0.1, -0.05) is 12.1 Å². The SMILES string of the molecule is N#Cc1ccccc1OCCCNC(=O)O. The normalized spacial score (nSPS) is 9.19. The lowest BCUT2D eigenvalue weighted by molar-refractivity contribution is 0.193. The summed E-state index contributed by atoms with van der Waals surface area (Å²) in [7, 11) is 0. The van der Waals surface area contributed by atoms with Crippen molar-refractivity contribution in [3.05, 3.63) is 29.8 Å². The van der Waals surface area contributed by atoms with Gasteiger partial charge in [0.2, 0.25) is 0 Å². The van der Waals surface area contributed by atoms with Gasteiger partial charge in [-0.25, -0.2) is 4.79 Å². The number of amides is 1. The molecule has 0 radical (unpaired) electrons. The largest absolute Gasteiger partial charge is 0.492 e. The van der Waals surface area contributed by atoms with Crippen LogP contribution in [0.3, 0.4) is 0 Å². The third kappa shape index (κ3) is 3.88. The van der Waals surface area contributed by atoms with Crippen molar-refractivity contribution < 1.29 is 14.6 Å². The summed E-state index contributed by atoms with van der Waals surface area (Å²) >= 11 is 0. The number of nitrogens with one attached hydrogen (secondary N) is 1. The number of carboxylic acid groups (broad SMARTS) is 1. The molecule has 0 aliphatic carbocycles. The standard InChI is InChI=1S/C11H12N2O3/c12-8-9-4-1-2-5-10(9)16-7-3-6-13-11(14)15/h1-2,4-5,13H,3,6-7H2,(H,14,15).